The smallest absolute Gasteiger partial charge is 0.342 e. The highest BCUT2D eigenvalue weighted by atomic mass is 35.5. The van der Waals surface area contributed by atoms with Crippen LogP contribution in [0.2, 0.25) is 0 Å². The fourth-order valence-electron chi connectivity index (χ4n) is 3.53. The second-order valence-electron chi connectivity index (χ2n) is 7.93. The van der Waals surface area contributed by atoms with E-state index in [4.69, 9.17) is 9.15 Å². The number of esters is 1. The molecule has 3 aromatic rings. The first-order chi connectivity index (χ1) is 14.8. The van der Waals surface area contributed by atoms with Crippen molar-refractivity contribution in [3.8, 4) is 5.75 Å². The molecular weight excluding hydrogens is 448 g/mol. The zero-order valence-electron chi connectivity index (χ0n) is 19.1. The maximum atomic E-state index is 12.9. The van der Waals surface area contributed by atoms with E-state index >= 15 is 0 Å². The molecule has 0 saturated carbocycles. The summed E-state index contributed by atoms with van der Waals surface area (Å²) in [5.74, 6) is 0.822. The van der Waals surface area contributed by atoms with E-state index in [2.05, 4.69) is 0 Å². The zero-order chi connectivity index (χ0) is 22.5. The third kappa shape index (κ3) is 5.98. The summed E-state index contributed by atoms with van der Waals surface area (Å²) in [6.07, 6.45) is 0. The highest BCUT2D eigenvalue weighted by molar-refractivity contribution is 7.98. The van der Waals surface area contributed by atoms with Crippen molar-refractivity contribution >= 4 is 28.7 Å². The lowest BCUT2D eigenvalue weighted by atomic mass is 10.0. The number of rotatable bonds is 9. The lowest BCUT2D eigenvalue weighted by Gasteiger charge is -2.15. The van der Waals surface area contributed by atoms with Gasteiger partial charge in [0.1, 0.15) is 22.7 Å². The van der Waals surface area contributed by atoms with Crippen molar-refractivity contribution in [2.24, 2.45) is 0 Å². The number of phenols is 1. The minimum Gasteiger partial charge on any atom is -1.00 e. The van der Waals surface area contributed by atoms with Crippen LogP contribution in [-0.4, -0.2) is 55.7 Å². The molecule has 0 aliphatic carbocycles. The summed E-state index contributed by atoms with van der Waals surface area (Å²) in [4.78, 5) is 17.9. The fraction of sp³-hybridized carbons (Fsp3) is 0.375. The minimum atomic E-state index is -0.427. The Labute approximate surface area is 199 Å². The highest BCUT2D eigenvalue weighted by Gasteiger charge is 2.27. The molecule has 3 rings (SSSR count). The first-order valence-electron chi connectivity index (χ1n) is 10.2. The Hall–Kier alpha value is -2.19. The lowest BCUT2D eigenvalue weighted by Crippen LogP contribution is -3.00. The van der Waals surface area contributed by atoms with Gasteiger partial charge >= 0.3 is 5.97 Å². The van der Waals surface area contributed by atoms with Gasteiger partial charge in [-0.2, -0.15) is 0 Å². The second kappa shape index (κ2) is 11.6. The van der Waals surface area contributed by atoms with Crippen molar-refractivity contribution in [3.63, 3.8) is 0 Å². The fourth-order valence-corrected chi connectivity index (χ4v) is 4.47. The Morgan fingerprint density at radius 3 is 2.34 bits per heavy atom. The summed E-state index contributed by atoms with van der Waals surface area (Å²) >= 11 is 1.61. The average molecular weight is 478 g/mol. The third-order valence-corrected chi connectivity index (χ3v) is 5.80. The number of thioether (sulfide) groups is 1. The van der Waals surface area contributed by atoms with E-state index in [1.807, 2.05) is 74.4 Å². The van der Waals surface area contributed by atoms with Crippen molar-refractivity contribution in [1.29, 1.82) is 0 Å². The SMILES string of the molecule is CCOC(=O)c1c(CN(C)C)oc2cc(CN(C)C)c(O)c(CSc3ccccc3)c12.[Cl-]. The van der Waals surface area contributed by atoms with Gasteiger partial charge in [-0.25, -0.2) is 4.79 Å². The molecule has 1 aromatic heterocycles. The van der Waals surface area contributed by atoms with Crippen LogP contribution >= 0.6 is 11.8 Å². The number of aromatic hydroxyl groups is 1. The lowest BCUT2D eigenvalue weighted by molar-refractivity contribution is -0.0000269. The van der Waals surface area contributed by atoms with Crippen LogP contribution < -0.4 is 12.4 Å². The summed E-state index contributed by atoms with van der Waals surface area (Å²) < 4.78 is 11.5. The maximum absolute atomic E-state index is 12.9. The topological polar surface area (TPSA) is 66.2 Å². The van der Waals surface area contributed by atoms with Crippen LogP contribution in [0.1, 0.15) is 34.2 Å². The van der Waals surface area contributed by atoms with Gasteiger partial charge in [0.05, 0.1) is 13.2 Å². The summed E-state index contributed by atoms with van der Waals surface area (Å²) in [6.45, 7) is 3.07. The van der Waals surface area contributed by atoms with Gasteiger partial charge in [-0.1, -0.05) is 18.2 Å². The minimum absolute atomic E-state index is 0. The summed E-state index contributed by atoms with van der Waals surface area (Å²) in [5.41, 5.74) is 2.46. The Morgan fingerprint density at radius 1 is 1.09 bits per heavy atom. The van der Waals surface area contributed by atoms with Gasteiger partial charge in [-0.05, 0) is 53.3 Å². The molecular formula is C24H30ClN2O4S-. The van der Waals surface area contributed by atoms with Crippen molar-refractivity contribution in [2.45, 2.75) is 30.7 Å². The maximum Gasteiger partial charge on any atom is 0.342 e. The number of carbonyl (C=O) groups is 1. The zero-order valence-corrected chi connectivity index (χ0v) is 20.7. The van der Waals surface area contributed by atoms with E-state index in [0.29, 0.717) is 46.7 Å². The van der Waals surface area contributed by atoms with Crippen LogP contribution in [0, 0.1) is 0 Å². The molecule has 2 aromatic carbocycles. The summed E-state index contributed by atoms with van der Waals surface area (Å²) in [5, 5.41) is 11.8. The quantitative estimate of drug-likeness (QED) is 0.372. The number of carbonyl (C=O) groups excluding carboxylic acids is 1. The number of fused-ring (bicyclic) bond motifs is 1. The molecule has 0 amide bonds. The molecule has 0 aliphatic heterocycles. The Morgan fingerprint density at radius 2 is 1.75 bits per heavy atom. The standard InChI is InChI=1S/C24H30N2O4S.ClH/c1-6-29-24(28)22-20(14-26(4)5)30-19-12-16(13-25(2)3)23(27)18(21(19)22)15-31-17-10-8-7-9-11-17;/h7-12,27H,6,13-15H2,1-5H3;1H/p-1. The van der Waals surface area contributed by atoms with Crippen LogP contribution in [-0.2, 0) is 23.6 Å². The van der Waals surface area contributed by atoms with Gasteiger partial charge in [0.2, 0.25) is 0 Å². The number of nitrogens with zero attached hydrogens (tertiary/aromatic N) is 2. The molecule has 0 aliphatic rings. The van der Waals surface area contributed by atoms with Crippen LogP contribution in [0.3, 0.4) is 0 Å². The number of phenolic OH excluding ortho intramolecular Hbond substituents is 1. The number of benzene rings is 2. The number of furan rings is 1. The molecule has 32 heavy (non-hydrogen) atoms. The molecule has 174 valence electrons. The molecule has 0 unspecified atom stereocenters. The van der Waals surface area contributed by atoms with E-state index in [0.717, 1.165) is 10.5 Å². The monoisotopic (exact) mass is 477 g/mol. The van der Waals surface area contributed by atoms with Gasteiger partial charge in [0, 0.05) is 33.7 Å². The highest BCUT2D eigenvalue weighted by Crippen LogP contribution is 2.40. The average Bonchev–Trinajstić information content (AvgIpc) is 3.05. The third-order valence-electron chi connectivity index (χ3n) is 4.76. The van der Waals surface area contributed by atoms with Crippen LogP contribution in [0.5, 0.6) is 5.75 Å². The Balaban J connectivity index is 0.00000363. The van der Waals surface area contributed by atoms with Crippen molar-refractivity contribution in [3.05, 3.63) is 58.8 Å². The molecule has 1 N–H and O–H groups in total. The van der Waals surface area contributed by atoms with E-state index in [1.165, 1.54) is 0 Å². The van der Waals surface area contributed by atoms with Gasteiger partial charge in [-0.15, -0.1) is 11.8 Å². The molecule has 0 atom stereocenters. The molecule has 1 heterocycles. The number of hydrogen-bond acceptors (Lipinski definition) is 7. The van der Waals surface area contributed by atoms with Crippen molar-refractivity contribution in [1.82, 2.24) is 9.80 Å². The summed E-state index contributed by atoms with van der Waals surface area (Å²) in [7, 11) is 7.74. The number of ether oxygens (including phenoxy) is 1. The van der Waals surface area contributed by atoms with Crippen molar-refractivity contribution < 1.29 is 31.5 Å². The molecule has 0 saturated heterocycles. The van der Waals surface area contributed by atoms with Gasteiger partial charge in [0.25, 0.3) is 0 Å². The molecule has 6 nitrogen and oxygen atoms in total. The number of hydrogen-bond donors (Lipinski definition) is 1. The predicted octanol–water partition coefficient (Wildman–Crippen LogP) is 1.73. The van der Waals surface area contributed by atoms with Crippen LogP contribution in [0.15, 0.2) is 45.7 Å². The molecule has 0 fully saturated rings. The van der Waals surface area contributed by atoms with Gasteiger partial charge in [0.15, 0.2) is 0 Å². The first kappa shape index (κ1) is 26.1. The van der Waals surface area contributed by atoms with Crippen LogP contribution in [0.25, 0.3) is 11.0 Å². The number of halogens is 1. The van der Waals surface area contributed by atoms with Crippen molar-refractivity contribution in [2.75, 3.05) is 34.8 Å². The molecule has 0 radical (unpaired) electrons. The normalized spacial score (nSPS) is 11.2. The van der Waals surface area contributed by atoms with E-state index in [1.54, 1.807) is 18.7 Å². The van der Waals surface area contributed by atoms with E-state index in [9.17, 15) is 9.90 Å². The van der Waals surface area contributed by atoms with E-state index < -0.39 is 5.97 Å². The first-order valence-corrected chi connectivity index (χ1v) is 11.2. The second-order valence-corrected chi connectivity index (χ2v) is 8.98. The Bertz CT molecular complexity index is 1050. The Kier molecular flexibility index (Phi) is 9.46. The van der Waals surface area contributed by atoms with E-state index in [-0.39, 0.29) is 24.8 Å². The molecule has 0 bridgehead atoms. The van der Waals surface area contributed by atoms with Gasteiger partial charge < -0.3 is 36.5 Å². The summed E-state index contributed by atoms with van der Waals surface area (Å²) in [6, 6.07) is 11.8. The molecule has 8 heteroatoms. The molecule has 0 spiro atoms. The largest absolute Gasteiger partial charge is 1.00 e. The predicted molar refractivity (Wildman–Crippen MR) is 125 cm³/mol. The van der Waals surface area contributed by atoms with Crippen LogP contribution in [0.4, 0.5) is 0 Å². The van der Waals surface area contributed by atoms with Gasteiger partial charge in [-0.3, -0.25) is 0 Å².